The van der Waals surface area contributed by atoms with Crippen molar-refractivity contribution in [2.75, 3.05) is 13.7 Å². The number of carbonyl (C=O) groups is 1. The summed E-state index contributed by atoms with van der Waals surface area (Å²) in [6.07, 6.45) is 2.98. The Morgan fingerprint density at radius 3 is 3.12 bits per heavy atom. The lowest BCUT2D eigenvalue weighted by Crippen LogP contribution is -2.40. The minimum atomic E-state index is -0.481. The molecule has 0 aliphatic heterocycles. The molecule has 1 heterocycles. The molecule has 0 spiro atoms. The first kappa shape index (κ1) is 12.7. The maximum Gasteiger partial charge on any atom is 0.237 e. The zero-order valence-corrected chi connectivity index (χ0v) is 9.44. The molecule has 3 N–H and O–H groups in total. The van der Waals surface area contributed by atoms with Crippen LogP contribution < -0.4 is 11.1 Å². The molecule has 5 heteroatoms. The van der Waals surface area contributed by atoms with E-state index in [1.807, 2.05) is 0 Å². The number of ether oxygens (including phenoxy) is 1. The molecule has 1 rings (SSSR count). The standard InChI is InChI=1S/C11H18N2O3/c1-15-6-3-5-10(12)11(14)13-8-9-4-2-7-16-9/h2,4,7,10H,3,5-6,8,12H2,1H3,(H,13,14). The summed E-state index contributed by atoms with van der Waals surface area (Å²) >= 11 is 0. The third kappa shape index (κ3) is 4.46. The van der Waals surface area contributed by atoms with E-state index in [9.17, 15) is 4.79 Å². The number of carbonyl (C=O) groups excluding carboxylic acids is 1. The Balaban J connectivity index is 2.18. The van der Waals surface area contributed by atoms with Crippen molar-refractivity contribution >= 4 is 5.91 Å². The van der Waals surface area contributed by atoms with E-state index < -0.39 is 6.04 Å². The first-order chi connectivity index (χ1) is 7.74. The van der Waals surface area contributed by atoms with Crippen LogP contribution in [0.1, 0.15) is 18.6 Å². The average molecular weight is 226 g/mol. The second kappa shape index (κ2) is 7.03. The van der Waals surface area contributed by atoms with Crippen molar-refractivity contribution in [2.24, 2.45) is 5.73 Å². The van der Waals surface area contributed by atoms with Crippen LogP contribution in [0.25, 0.3) is 0 Å². The van der Waals surface area contributed by atoms with E-state index in [0.29, 0.717) is 19.6 Å². The van der Waals surface area contributed by atoms with E-state index in [0.717, 1.165) is 12.2 Å². The quantitative estimate of drug-likeness (QED) is 0.669. The summed E-state index contributed by atoms with van der Waals surface area (Å²) in [6.45, 7) is 1.00. The fourth-order valence-corrected chi connectivity index (χ4v) is 1.30. The summed E-state index contributed by atoms with van der Waals surface area (Å²) in [5.41, 5.74) is 5.70. The molecular weight excluding hydrogens is 208 g/mol. The van der Waals surface area contributed by atoms with E-state index >= 15 is 0 Å². The molecule has 0 saturated carbocycles. The van der Waals surface area contributed by atoms with Crippen LogP contribution in [0.15, 0.2) is 22.8 Å². The van der Waals surface area contributed by atoms with Gasteiger partial charge in [-0.25, -0.2) is 0 Å². The molecule has 0 radical (unpaired) electrons. The topological polar surface area (TPSA) is 77.5 Å². The van der Waals surface area contributed by atoms with Crippen molar-refractivity contribution in [1.29, 1.82) is 0 Å². The summed E-state index contributed by atoms with van der Waals surface area (Å²) < 4.78 is 9.98. The molecule has 0 fully saturated rings. The normalized spacial score (nSPS) is 12.4. The molecule has 0 saturated heterocycles. The van der Waals surface area contributed by atoms with Crippen molar-refractivity contribution in [3.05, 3.63) is 24.2 Å². The lowest BCUT2D eigenvalue weighted by molar-refractivity contribution is -0.122. The molecule has 1 amide bonds. The van der Waals surface area contributed by atoms with Crippen LogP contribution in [0.5, 0.6) is 0 Å². The maximum absolute atomic E-state index is 11.5. The van der Waals surface area contributed by atoms with Crippen LogP contribution in [0.2, 0.25) is 0 Å². The highest BCUT2D eigenvalue weighted by Crippen LogP contribution is 2.00. The second-order valence-electron chi connectivity index (χ2n) is 3.54. The molecule has 0 bridgehead atoms. The smallest absolute Gasteiger partial charge is 0.237 e. The lowest BCUT2D eigenvalue weighted by Gasteiger charge is -2.10. The zero-order chi connectivity index (χ0) is 11.8. The number of methoxy groups -OCH3 is 1. The Kier molecular flexibility index (Phi) is 5.60. The predicted molar refractivity (Wildman–Crippen MR) is 59.6 cm³/mol. The van der Waals surface area contributed by atoms with Gasteiger partial charge in [-0.2, -0.15) is 0 Å². The molecule has 0 aromatic carbocycles. The lowest BCUT2D eigenvalue weighted by atomic mass is 10.1. The molecule has 1 unspecified atom stereocenters. The number of amides is 1. The highest BCUT2D eigenvalue weighted by molar-refractivity contribution is 5.81. The van der Waals surface area contributed by atoms with Gasteiger partial charge in [-0.1, -0.05) is 0 Å². The van der Waals surface area contributed by atoms with Crippen molar-refractivity contribution in [3.8, 4) is 0 Å². The Bertz CT molecular complexity index is 298. The Morgan fingerprint density at radius 1 is 1.69 bits per heavy atom. The van der Waals surface area contributed by atoms with Crippen LogP contribution in [-0.2, 0) is 16.1 Å². The maximum atomic E-state index is 11.5. The van der Waals surface area contributed by atoms with Gasteiger partial charge >= 0.3 is 0 Å². The summed E-state index contributed by atoms with van der Waals surface area (Å²) in [5, 5.41) is 2.71. The van der Waals surface area contributed by atoms with Gasteiger partial charge in [0.1, 0.15) is 5.76 Å². The Labute approximate surface area is 94.9 Å². The first-order valence-electron chi connectivity index (χ1n) is 5.28. The van der Waals surface area contributed by atoms with Crippen LogP contribution >= 0.6 is 0 Å². The van der Waals surface area contributed by atoms with Gasteiger partial charge in [-0.15, -0.1) is 0 Å². The molecule has 90 valence electrons. The monoisotopic (exact) mass is 226 g/mol. The van der Waals surface area contributed by atoms with Crippen molar-refractivity contribution in [3.63, 3.8) is 0 Å². The van der Waals surface area contributed by atoms with E-state index in [2.05, 4.69) is 5.32 Å². The van der Waals surface area contributed by atoms with Gasteiger partial charge in [0.05, 0.1) is 18.8 Å². The largest absolute Gasteiger partial charge is 0.467 e. The van der Waals surface area contributed by atoms with Crippen molar-refractivity contribution in [1.82, 2.24) is 5.32 Å². The Hall–Kier alpha value is -1.33. The molecular formula is C11H18N2O3. The van der Waals surface area contributed by atoms with Crippen LogP contribution in [0, 0.1) is 0 Å². The van der Waals surface area contributed by atoms with E-state index in [1.165, 1.54) is 0 Å². The minimum Gasteiger partial charge on any atom is -0.467 e. The highest BCUT2D eigenvalue weighted by Gasteiger charge is 2.12. The molecule has 1 aromatic heterocycles. The number of hydrogen-bond acceptors (Lipinski definition) is 4. The van der Waals surface area contributed by atoms with Gasteiger partial charge in [-0.05, 0) is 25.0 Å². The van der Waals surface area contributed by atoms with E-state index in [-0.39, 0.29) is 5.91 Å². The number of hydrogen-bond donors (Lipinski definition) is 2. The fourth-order valence-electron chi connectivity index (χ4n) is 1.30. The molecule has 0 aliphatic carbocycles. The predicted octanol–water partition coefficient (Wildman–Crippen LogP) is 0.650. The highest BCUT2D eigenvalue weighted by atomic mass is 16.5. The van der Waals surface area contributed by atoms with E-state index in [1.54, 1.807) is 25.5 Å². The van der Waals surface area contributed by atoms with Crippen LogP contribution in [0.4, 0.5) is 0 Å². The van der Waals surface area contributed by atoms with Gasteiger partial charge in [0.2, 0.25) is 5.91 Å². The summed E-state index contributed by atoms with van der Waals surface area (Å²) in [7, 11) is 1.63. The SMILES string of the molecule is COCCCC(N)C(=O)NCc1ccco1. The third-order valence-corrected chi connectivity index (χ3v) is 2.22. The summed E-state index contributed by atoms with van der Waals surface area (Å²) in [4.78, 5) is 11.5. The summed E-state index contributed by atoms with van der Waals surface area (Å²) in [5.74, 6) is 0.560. The number of rotatable bonds is 7. The van der Waals surface area contributed by atoms with Gasteiger partial charge in [0, 0.05) is 13.7 Å². The van der Waals surface area contributed by atoms with Crippen LogP contribution in [-0.4, -0.2) is 25.7 Å². The van der Waals surface area contributed by atoms with Crippen molar-refractivity contribution in [2.45, 2.75) is 25.4 Å². The minimum absolute atomic E-state index is 0.160. The first-order valence-corrected chi connectivity index (χ1v) is 5.28. The average Bonchev–Trinajstić information content (AvgIpc) is 2.79. The van der Waals surface area contributed by atoms with Crippen LogP contribution in [0.3, 0.4) is 0 Å². The fraction of sp³-hybridized carbons (Fsp3) is 0.545. The second-order valence-corrected chi connectivity index (χ2v) is 3.54. The summed E-state index contributed by atoms with van der Waals surface area (Å²) in [6, 6.07) is 3.10. The van der Waals surface area contributed by atoms with Gasteiger partial charge in [0.15, 0.2) is 0 Å². The molecule has 1 aromatic rings. The van der Waals surface area contributed by atoms with Crippen molar-refractivity contribution < 1.29 is 13.9 Å². The van der Waals surface area contributed by atoms with Gasteiger partial charge in [0.25, 0.3) is 0 Å². The number of nitrogens with two attached hydrogens (primary N) is 1. The van der Waals surface area contributed by atoms with Gasteiger partial charge in [-0.3, -0.25) is 4.79 Å². The number of nitrogens with one attached hydrogen (secondary N) is 1. The zero-order valence-electron chi connectivity index (χ0n) is 9.44. The Morgan fingerprint density at radius 2 is 2.50 bits per heavy atom. The number of furan rings is 1. The molecule has 5 nitrogen and oxygen atoms in total. The molecule has 1 atom stereocenters. The molecule has 0 aliphatic rings. The molecule has 16 heavy (non-hydrogen) atoms. The van der Waals surface area contributed by atoms with E-state index in [4.69, 9.17) is 14.9 Å². The van der Waals surface area contributed by atoms with Gasteiger partial charge < -0.3 is 20.2 Å². The third-order valence-electron chi connectivity index (χ3n) is 2.22.